The van der Waals surface area contributed by atoms with Crippen LogP contribution in [0.3, 0.4) is 0 Å². The Morgan fingerprint density at radius 3 is 2.86 bits per heavy atom. The van der Waals surface area contributed by atoms with Crippen LogP contribution in [0.1, 0.15) is 29.2 Å². The van der Waals surface area contributed by atoms with Gasteiger partial charge < -0.3 is 5.32 Å². The fraction of sp³-hybridized carbons (Fsp3) is 0.158. The van der Waals surface area contributed by atoms with Gasteiger partial charge in [0.25, 0.3) is 0 Å². The molecule has 0 aliphatic heterocycles. The minimum absolute atomic E-state index is 0.320. The molecule has 106 valence electrons. The number of nitrogens with zero attached hydrogens (tertiary/aromatic N) is 2. The number of pyridine rings is 1. The molecule has 0 fully saturated rings. The van der Waals surface area contributed by atoms with Gasteiger partial charge in [-0.1, -0.05) is 30.3 Å². The normalized spacial score (nSPS) is 16.2. The van der Waals surface area contributed by atoms with Crippen molar-refractivity contribution in [2.75, 3.05) is 5.32 Å². The van der Waals surface area contributed by atoms with Crippen molar-refractivity contribution in [1.29, 1.82) is 5.26 Å². The van der Waals surface area contributed by atoms with E-state index in [1.807, 2.05) is 30.3 Å². The number of hydrogen-bond donors (Lipinski definition) is 1. The molecule has 1 aromatic heterocycles. The lowest BCUT2D eigenvalue weighted by molar-refractivity contribution is 0.758. The Bertz CT molecular complexity index is 893. The Labute approximate surface area is 129 Å². The molecule has 0 spiro atoms. The SMILES string of the molecule is N#Cc1cccc2nc(NC3CCc4ccccc43)ccc12. The van der Waals surface area contributed by atoms with Gasteiger partial charge in [0.05, 0.1) is 23.2 Å². The van der Waals surface area contributed by atoms with Crippen molar-refractivity contribution >= 4 is 16.7 Å². The van der Waals surface area contributed by atoms with Crippen LogP contribution in [0.15, 0.2) is 54.6 Å². The highest BCUT2D eigenvalue weighted by Gasteiger charge is 2.21. The van der Waals surface area contributed by atoms with E-state index in [1.165, 1.54) is 11.1 Å². The number of nitriles is 1. The maximum atomic E-state index is 9.15. The number of aryl methyl sites for hydroxylation is 1. The number of hydrogen-bond acceptors (Lipinski definition) is 3. The highest BCUT2D eigenvalue weighted by Crippen LogP contribution is 2.33. The zero-order chi connectivity index (χ0) is 14.9. The molecule has 0 saturated carbocycles. The molecule has 3 nitrogen and oxygen atoms in total. The van der Waals surface area contributed by atoms with Gasteiger partial charge in [0.2, 0.25) is 0 Å². The molecule has 0 amide bonds. The Balaban J connectivity index is 1.68. The first kappa shape index (κ1) is 12.8. The fourth-order valence-electron chi connectivity index (χ4n) is 3.22. The van der Waals surface area contributed by atoms with E-state index in [9.17, 15) is 0 Å². The monoisotopic (exact) mass is 285 g/mol. The zero-order valence-electron chi connectivity index (χ0n) is 12.1. The standard InChI is InChI=1S/C19H15N3/c20-12-14-5-3-7-17-16(14)9-11-19(21-17)22-18-10-8-13-4-1-2-6-15(13)18/h1-7,9,11,18H,8,10H2,(H,21,22). The minimum atomic E-state index is 0.320. The van der Waals surface area contributed by atoms with Gasteiger partial charge >= 0.3 is 0 Å². The molecule has 4 rings (SSSR count). The summed E-state index contributed by atoms with van der Waals surface area (Å²) in [5.74, 6) is 0.865. The third-order valence-electron chi connectivity index (χ3n) is 4.31. The Hall–Kier alpha value is -2.86. The molecule has 1 unspecified atom stereocenters. The minimum Gasteiger partial charge on any atom is -0.363 e. The smallest absolute Gasteiger partial charge is 0.127 e. The molecule has 22 heavy (non-hydrogen) atoms. The van der Waals surface area contributed by atoms with E-state index in [-0.39, 0.29) is 0 Å². The van der Waals surface area contributed by atoms with E-state index in [0.717, 1.165) is 29.6 Å². The molecule has 1 heterocycles. The summed E-state index contributed by atoms with van der Waals surface area (Å²) in [7, 11) is 0. The highest BCUT2D eigenvalue weighted by atomic mass is 15.0. The third kappa shape index (κ3) is 2.10. The van der Waals surface area contributed by atoms with E-state index in [1.54, 1.807) is 0 Å². The van der Waals surface area contributed by atoms with Gasteiger partial charge in [-0.3, -0.25) is 0 Å². The Morgan fingerprint density at radius 2 is 1.95 bits per heavy atom. The molecule has 3 heteroatoms. The van der Waals surface area contributed by atoms with E-state index in [2.05, 4.69) is 40.6 Å². The van der Waals surface area contributed by atoms with Crippen LogP contribution in [0.5, 0.6) is 0 Å². The average Bonchev–Trinajstić information content (AvgIpc) is 2.97. The highest BCUT2D eigenvalue weighted by molar-refractivity contribution is 5.85. The first-order valence-electron chi connectivity index (χ1n) is 7.49. The fourth-order valence-corrected chi connectivity index (χ4v) is 3.22. The van der Waals surface area contributed by atoms with Crippen LogP contribution in [0.25, 0.3) is 10.9 Å². The summed E-state index contributed by atoms with van der Waals surface area (Å²) in [5.41, 5.74) is 4.32. The van der Waals surface area contributed by atoms with Gasteiger partial charge in [-0.05, 0) is 48.2 Å². The third-order valence-corrected chi connectivity index (χ3v) is 4.31. The van der Waals surface area contributed by atoms with Crippen molar-refractivity contribution in [2.24, 2.45) is 0 Å². The molecular weight excluding hydrogens is 270 g/mol. The van der Waals surface area contributed by atoms with Crippen LogP contribution in [0.2, 0.25) is 0 Å². The van der Waals surface area contributed by atoms with Crippen molar-refractivity contribution in [2.45, 2.75) is 18.9 Å². The molecular formula is C19H15N3. The van der Waals surface area contributed by atoms with E-state index in [4.69, 9.17) is 5.26 Å². The Kier molecular flexibility index (Phi) is 3.01. The van der Waals surface area contributed by atoms with E-state index >= 15 is 0 Å². The summed E-state index contributed by atoms with van der Waals surface area (Å²) in [6.45, 7) is 0. The Morgan fingerprint density at radius 1 is 1.05 bits per heavy atom. The second kappa shape index (κ2) is 5.16. The van der Waals surface area contributed by atoms with Gasteiger partial charge in [-0.2, -0.15) is 5.26 Å². The molecule has 1 atom stereocenters. The maximum Gasteiger partial charge on any atom is 0.127 e. The lowest BCUT2D eigenvalue weighted by atomic mass is 10.1. The number of nitrogens with one attached hydrogen (secondary N) is 1. The molecule has 0 saturated heterocycles. The van der Waals surface area contributed by atoms with Crippen molar-refractivity contribution in [3.8, 4) is 6.07 Å². The predicted molar refractivity (Wildman–Crippen MR) is 87.6 cm³/mol. The number of aromatic nitrogens is 1. The summed E-state index contributed by atoms with van der Waals surface area (Å²) in [4.78, 5) is 4.66. The quantitative estimate of drug-likeness (QED) is 0.767. The van der Waals surface area contributed by atoms with Crippen molar-refractivity contribution in [3.63, 3.8) is 0 Å². The van der Waals surface area contributed by atoms with Crippen LogP contribution in [-0.4, -0.2) is 4.98 Å². The lowest BCUT2D eigenvalue weighted by Crippen LogP contribution is -2.08. The van der Waals surface area contributed by atoms with Gasteiger partial charge in [0.15, 0.2) is 0 Å². The first-order chi connectivity index (χ1) is 10.8. The molecule has 1 N–H and O–H groups in total. The number of benzene rings is 2. The van der Waals surface area contributed by atoms with Crippen molar-refractivity contribution in [1.82, 2.24) is 4.98 Å². The summed E-state index contributed by atoms with van der Waals surface area (Å²) >= 11 is 0. The topological polar surface area (TPSA) is 48.7 Å². The van der Waals surface area contributed by atoms with Crippen molar-refractivity contribution in [3.05, 3.63) is 71.3 Å². The maximum absolute atomic E-state index is 9.15. The van der Waals surface area contributed by atoms with Crippen LogP contribution in [0, 0.1) is 11.3 Å². The second-order valence-corrected chi connectivity index (χ2v) is 5.61. The largest absolute Gasteiger partial charge is 0.363 e. The van der Waals surface area contributed by atoms with E-state index in [0.29, 0.717) is 11.6 Å². The van der Waals surface area contributed by atoms with Crippen molar-refractivity contribution < 1.29 is 0 Å². The second-order valence-electron chi connectivity index (χ2n) is 5.61. The van der Waals surface area contributed by atoms with Crippen LogP contribution >= 0.6 is 0 Å². The first-order valence-corrected chi connectivity index (χ1v) is 7.49. The zero-order valence-corrected chi connectivity index (χ0v) is 12.1. The van der Waals surface area contributed by atoms with Crippen LogP contribution in [0.4, 0.5) is 5.82 Å². The van der Waals surface area contributed by atoms with Crippen LogP contribution in [-0.2, 0) is 6.42 Å². The lowest BCUT2D eigenvalue weighted by Gasteiger charge is -2.15. The average molecular weight is 285 g/mol. The molecule has 0 radical (unpaired) electrons. The van der Waals surface area contributed by atoms with Gasteiger partial charge in [0, 0.05) is 5.39 Å². The molecule has 1 aliphatic carbocycles. The molecule has 0 bridgehead atoms. The number of anilines is 1. The number of fused-ring (bicyclic) bond motifs is 2. The summed E-state index contributed by atoms with van der Waals surface area (Å²) in [6.07, 6.45) is 2.21. The summed E-state index contributed by atoms with van der Waals surface area (Å²) in [6, 6.07) is 20.7. The molecule has 3 aromatic rings. The van der Waals surface area contributed by atoms with Gasteiger partial charge in [0.1, 0.15) is 5.82 Å². The molecule has 2 aromatic carbocycles. The van der Waals surface area contributed by atoms with E-state index < -0.39 is 0 Å². The predicted octanol–water partition coefficient (Wildman–Crippen LogP) is 4.21. The summed E-state index contributed by atoms with van der Waals surface area (Å²) in [5, 5.41) is 13.6. The summed E-state index contributed by atoms with van der Waals surface area (Å²) < 4.78 is 0. The van der Waals surface area contributed by atoms with Crippen LogP contribution < -0.4 is 5.32 Å². The van der Waals surface area contributed by atoms with Gasteiger partial charge in [-0.25, -0.2) is 4.98 Å². The van der Waals surface area contributed by atoms with Gasteiger partial charge in [-0.15, -0.1) is 0 Å². The molecule has 1 aliphatic rings. The number of rotatable bonds is 2.